The van der Waals surface area contributed by atoms with Gasteiger partial charge in [0.2, 0.25) is 5.91 Å². The highest BCUT2D eigenvalue weighted by Gasteiger charge is 2.28. The molecule has 0 aliphatic heterocycles. The van der Waals surface area contributed by atoms with Gasteiger partial charge >= 0.3 is 4.83 Å². The average Bonchev–Trinajstić information content (AvgIpc) is 2.46. The summed E-state index contributed by atoms with van der Waals surface area (Å²) in [5, 5.41) is 2.14. The molecule has 0 aromatic heterocycles. The molecule has 6 heteroatoms. The number of nitrogens with two attached hydrogens (primary N) is 1. The Bertz CT molecular complexity index is 252. The standard InChI is InChI=1S/C8H11BrF2N2O/c9-8(10,11)4-13-7(14)5-1-2-6(12)3-5/h1-2,5-6H,3-4,12H2,(H,13,14). The molecule has 0 saturated heterocycles. The zero-order valence-corrected chi connectivity index (χ0v) is 8.93. The monoisotopic (exact) mass is 268 g/mol. The van der Waals surface area contributed by atoms with E-state index in [0.717, 1.165) is 0 Å². The maximum atomic E-state index is 12.3. The number of carbonyl (C=O) groups is 1. The van der Waals surface area contributed by atoms with Gasteiger partial charge in [0.25, 0.3) is 0 Å². The molecule has 3 nitrogen and oxygen atoms in total. The largest absolute Gasteiger partial charge is 0.349 e. The number of rotatable bonds is 3. The molecule has 0 heterocycles. The fraction of sp³-hybridized carbons (Fsp3) is 0.625. The number of hydrogen-bond acceptors (Lipinski definition) is 2. The van der Waals surface area contributed by atoms with Crippen molar-refractivity contribution in [1.29, 1.82) is 0 Å². The Kier molecular flexibility index (Phi) is 3.60. The lowest BCUT2D eigenvalue weighted by Crippen LogP contribution is -2.36. The van der Waals surface area contributed by atoms with Crippen LogP contribution in [0.3, 0.4) is 0 Å². The van der Waals surface area contributed by atoms with Gasteiger partial charge in [-0.2, -0.15) is 8.78 Å². The van der Waals surface area contributed by atoms with Crippen LogP contribution < -0.4 is 11.1 Å². The molecule has 1 rings (SSSR count). The number of amides is 1. The molecule has 1 amide bonds. The van der Waals surface area contributed by atoms with Crippen LogP contribution in [0.15, 0.2) is 12.2 Å². The molecule has 3 N–H and O–H groups in total. The van der Waals surface area contributed by atoms with Gasteiger partial charge in [-0.15, -0.1) is 0 Å². The van der Waals surface area contributed by atoms with Crippen molar-refractivity contribution in [2.75, 3.05) is 6.54 Å². The van der Waals surface area contributed by atoms with Gasteiger partial charge < -0.3 is 11.1 Å². The van der Waals surface area contributed by atoms with Crippen molar-refractivity contribution in [3.8, 4) is 0 Å². The second-order valence-electron chi connectivity index (χ2n) is 3.22. The van der Waals surface area contributed by atoms with Gasteiger partial charge in [0.15, 0.2) is 0 Å². The molecule has 2 unspecified atom stereocenters. The number of hydrogen-bond donors (Lipinski definition) is 2. The van der Waals surface area contributed by atoms with Crippen LogP contribution in [0.2, 0.25) is 0 Å². The molecule has 0 aromatic carbocycles. The molecular weight excluding hydrogens is 258 g/mol. The van der Waals surface area contributed by atoms with E-state index >= 15 is 0 Å². The van der Waals surface area contributed by atoms with E-state index in [1.54, 1.807) is 12.2 Å². The van der Waals surface area contributed by atoms with Crippen LogP contribution in [0.1, 0.15) is 6.42 Å². The van der Waals surface area contributed by atoms with Crippen molar-refractivity contribution in [1.82, 2.24) is 5.32 Å². The highest BCUT2D eigenvalue weighted by Crippen LogP contribution is 2.21. The van der Waals surface area contributed by atoms with Gasteiger partial charge in [0.05, 0.1) is 12.5 Å². The normalized spacial score (nSPS) is 26.6. The van der Waals surface area contributed by atoms with Gasteiger partial charge in [-0.05, 0) is 22.4 Å². The molecule has 2 atom stereocenters. The molecule has 0 fully saturated rings. The van der Waals surface area contributed by atoms with Crippen LogP contribution in [0.25, 0.3) is 0 Å². The summed E-state index contributed by atoms with van der Waals surface area (Å²) >= 11 is 2.14. The highest BCUT2D eigenvalue weighted by molar-refractivity contribution is 9.10. The second kappa shape index (κ2) is 4.35. The van der Waals surface area contributed by atoms with Gasteiger partial charge in [0.1, 0.15) is 0 Å². The Morgan fingerprint density at radius 3 is 2.71 bits per heavy atom. The summed E-state index contributed by atoms with van der Waals surface area (Å²) in [6.45, 7) is -0.703. The number of carbonyl (C=O) groups excluding carboxylic acids is 1. The summed E-state index contributed by atoms with van der Waals surface area (Å²) in [6.07, 6.45) is 3.84. The van der Waals surface area contributed by atoms with Crippen molar-refractivity contribution in [3.63, 3.8) is 0 Å². The minimum atomic E-state index is -3.05. The first-order valence-electron chi connectivity index (χ1n) is 4.17. The van der Waals surface area contributed by atoms with E-state index in [-0.39, 0.29) is 12.0 Å². The van der Waals surface area contributed by atoms with Crippen LogP contribution in [0.5, 0.6) is 0 Å². The number of alkyl halides is 3. The van der Waals surface area contributed by atoms with E-state index in [2.05, 4.69) is 21.2 Å². The molecule has 0 radical (unpaired) electrons. The topological polar surface area (TPSA) is 55.1 Å². The van der Waals surface area contributed by atoms with Crippen molar-refractivity contribution >= 4 is 21.8 Å². The van der Waals surface area contributed by atoms with Crippen LogP contribution in [-0.2, 0) is 4.79 Å². The van der Waals surface area contributed by atoms with Crippen molar-refractivity contribution < 1.29 is 13.6 Å². The Morgan fingerprint density at radius 1 is 1.64 bits per heavy atom. The first kappa shape index (κ1) is 11.6. The lowest BCUT2D eigenvalue weighted by molar-refractivity contribution is -0.124. The zero-order chi connectivity index (χ0) is 10.8. The summed E-state index contributed by atoms with van der Waals surface area (Å²) in [6, 6.07) is -0.143. The number of nitrogens with one attached hydrogen (secondary N) is 1. The zero-order valence-electron chi connectivity index (χ0n) is 7.34. The Balaban J connectivity index is 2.33. The van der Waals surface area contributed by atoms with Crippen LogP contribution >= 0.6 is 15.9 Å². The first-order valence-corrected chi connectivity index (χ1v) is 4.96. The Labute approximate surface area is 88.8 Å². The molecule has 1 aliphatic rings. The maximum absolute atomic E-state index is 12.3. The van der Waals surface area contributed by atoms with E-state index in [1.165, 1.54) is 0 Å². The minimum Gasteiger partial charge on any atom is -0.349 e. The van der Waals surface area contributed by atoms with E-state index < -0.39 is 17.3 Å². The van der Waals surface area contributed by atoms with Gasteiger partial charge in [0, 0.05) is 6.04 Å². The van der Waals surface area contributed by atoms with E-state index in [4.69, 9.17) is 5.73 Å². The quantitative estimate of drug-likeness (QED) is 0.593. The van der Waals surface area contributed by atoms with Crippen LogP contribution in [-0.4, -0.2) is 23.3 Å². The highest BCUT2D eigenvalue weighted by atomic mass is 79.9. The molecule has 0 bridgehead atoms. The third-order valence-electron chi connectivity index (χ3n) is 1.92. The third-order valence-corrected chi connectivity index (χ3v) is 2.20. The van der Waals surface area contributed by atoms with Gasteiger partial charge in [-0.3, -0.25) is 4.79 Å². The summed E-state index contributed by atoms with van der Waals surface area (Å²) < 4.78 is 24.6. The van der Waals surface area contributed by atoms with E-state index in [9.17, 15) is 13.6 Å². The van der Waals surface area contributed by atoms with Crippen molar-refractivity contribution in [2.45, 2.75) is 17.3 Å². The molecule has 0 saturated carbocycles. The predicted octanol–water partition coefficient (Wildman–Crippen LogP) is 0.994. The SMILES string of the molecule is NC1C=CC(C(=O)NCC(F)(F)Br)C1. The maximum Gasteiger partial charge on any atom is 0.318 e. The second-order valence-corrected chi connectivity index (χ2v) is 4.38. The average molecular weight is 269 g/mol. The molecule has 0 aromatic rings. The van der Waals surface area contributed by atoms with Crippen molar-refractivity contribution in [2.24, 2.45) is 11.7 Å². The fourth-order valence-corrected chi connectivity index (χ4v) is 1.38. The molecule has 80 valence electrons. The Morgan fingerprint density at radius 2 is 2.29 bits per heavy atom. The first-order chi connectivity index (χ1) is 6.38. The molecule has 1 aliphatic carbocycles. The smallest absolute Gasteiger partial charge is 0.318 e. The third kappa shape index (κ3) is 3.71. The summed E-state index contributed by atoms with van der Waals surface area (Å²) in [5.74, 6) is -0.784. The van der Waals surface area contributed by atoms with E-state index in [0.29, 0.717) is 6.42 Å². The molecule has 0 spiro atoms. The van der Waals surface area contributed by atoms with Gasteiger partial charge in [-0.1, -0.05) is 12.2 Å². The van der Waals surface area contributed by atoms with Gasteiger partial charge in [-0.25, -0.2) is 0 Å². The lowest BCUT2D eigenvalue weighted by atomic mass is 10.1. The fourth-order valence-electron chi connectivity index (χ4n) is 1.24. The minimum absolute atomic E-state index is 0.143. The number of halogens is 3. The van der Waals surface area contributed by atoms with Crippen LogP contribution in [0.4, 0.5) is 8.78 Å². The molecular formula is C8H11BrF2N2O. The van der Waals surface area contributed by atoms with Crippen molar-refractivity contribution in [3.05, 3.63) is 12.2 Å². The summed E-state index contributed by atoms with van der Waals surface area (Å²) in [4.78, 5) is 8.22. The predicted molar refractivity (Wildman–Crippen MR) is 52.1 cm³/mol. The summed E-state index contributed by atoms with van der Waals surface area (Å²) in [5.41, 5.74) is 5.52. The molecule has 14 heavy (non-hydrogen) atoms. The Hall–Kier alpha value is -0.490. The van der Waals surface area contributed by atoms with Crippen LogP contribution in [0, 0.1) is 5.92 Å². The van der Waals surface area contributed by atoms with E-state index in [1.807, 2.05) is 0 Å². The lowest BCUT2D eigenvalue weighted by Gasteiger charge is -2.13. The summed E-state index contributed by atoms with van der Waals surface area (Å²) in [7, 11) is 0.